The molecule has 0 saturated heterocycles. The van der Waals surface area contributed by atoms with E-state index in [4.69, 9.17) is 0 Å². The number of carbonyl (C=O) groups excluding carboxylic acids is 2. The molecule has 2 rings (SSSR count). The van der Waals surface area contributed by atoms with E-state index in [1.54, 1.807) is 5.38 Å². The zero-order valence-electron chi connectivity index (χ0n) is 11.4. The Balaban J connectivity index is 2.11. The van der Waals surface area contributed by atoms with Crippen LogP contribution in [0.1, 0.15) is 42.2 Å². The van der Waals surface area contributed by atoms with Gasteiger partial charge < -0.3 is 5.32 Å². The van der Waals surface area contributed by atoms with Gasteiger partial charge in [0.2, 0.25) is 5.91 Å². The first-order valence-electron chi connectivity index (χ1n) is 6.44. The molecule has 0 aliphatic carbocycles. The molecule has 0 bridgehead atoms. The SMILES string of the molecule is CC[C@H](C(=O)Nc1nc(C(C)=O)cs1)c1ccccc1. The number of Topliss-reactive ketones (excluding diaryl/α,β-unsaturated/α-hetero) is 1. The molecule has 0 fully saturated rings. The molecule has 0 radical (unpaired) electrons. The molecule has 1 aromatic heterocycles. The number of ketones is 1. The summed E-state index contributed by atoms with van der Waals surface area (Å²) in [5.41, 5.74) is 1.37. The van der Waals surface area contributed by atoms with Gasteiger partial charge in [0.15, 0.2) is 10.9 Å². The van der Waals surface area contributed by atoms with Crippen LogP contribution in [0.2, 0.25) is 0 Å². The first-order valence-corrected chi connectivity index (χ1v) is 7.32. The van der Waals surface area contributed by atoms with Gasteiger partial charge in [-0.2, -0.15) is 0 Å². The molecule has 0 spiro atoms. The van der Waals surface area contributed by atoms with E-state index in [1.807, 2.05) is 37.3 Å². The molecule has 1 N–H and O–H groups in total. The Hall–Kier alpha value is -2.01. The molecule has 1 heterocycles. The minimum Gasteiger partial charge on any atom is -0.301 e. The van der Waals surface area contributed by atoms with E-state index in [2.05, 4.69) is 10.3 Å². The molecule has 20 heavy (non-hydrogen) atoms. The molecule has 0 saturated carbocycles. The molecular formula is C15H16N2O2S. The normalized spacial score (nSPS) is 11.9. The lowest BCUT2D eigenvalue weighted by atomic mass is 9.96. The quantitative estimate of drug-likeness (QED) is 0.857. The molecule has 0 unspecified atom stereocenters. The Kier molecular flexibility index (Phi) is 4.63. The van der Waals surface area contributed by atoms with Crippen molar-refractivity contribution >= 4 is 28.2 Å². The van der Waals surface area contributed by atoms with Crippen LogP contribution >= 0.6 is 11.3 Å². The molecule has 0 aliphatic heterocycles. The van der Waals surface area contributed by atoms with Crippen molar-refractivity contribution in [2.75, 3.05) is 5.32 Å². The third kappa shape index (κ3) is 3.30. The lowest BCUT2D eigenvalue weighted by Gasteiger charge is -2.13. The number of thiazole rings is 1. The highest BCUT2D eigenvalue weighted by molar-refractivity contribution is 7.14. The van der Waals surface area contributed by atoms with Gasteiger partial charge in [-0.1, -0.05) is 37.3 Å². The molecular weight excluding hydrogens is 272 g/mol. The summed E-state index contributed by atoms with van der Waals surface area (Å²) in [6, 6.07) is 9.65. The van der Waals surface area contributed by atoms with Crippen LogP contribution in [-0.2, 0) is 4.79 Å². The van der Waals surface area contributed by atoms with Gasteiger partial charge in [-0.05, 0) is 12.0 Å². The van der Waals surface area contributed by atoms with E-state index in [0.29, 0.717) is 17.2 Å². The van der Waals surface area contributed by atoms with Crippen LogP contribution in [0.25, 0.3) is 0 Å². The third-order valence-electron chi connectivity index (χ3n) is 3.02. The van der Waals surface area contributed by atoms with E-state index in [9.17, 15) is 9.59 Å². The van der Waals surface area contributed by atoms with Gasteiger partial charge in [0.25, 0.3) is 0 Å². The molecule has 104 valence electrons. The average Bonchev–Trinajstić information content (AvgIpc) is 2.89. The van der Waals surface area contributed by atoms with Crippen LogP contribution in [0.4, 0.5) is 5.13 Å². The number of anilines is 1. The smallest absolute Gasteiger partial charge is 0.233 e. The zero-order valence-corrected chi connectivity index (χ0v) is 12.2. The highest BCUT2D eigenvalue weighted by Gasteiger charge is 2.19. The van der Waals surface area contributed by atoms with Crippen molar-refractivity contribution in [3.8, 4) is 0 Å². The van der Waals surface area contributed by atoms with Crippen molar-refractivity contribution in [1.82, 2.24) is 4.98 Å². The van der Waals surface area contributed by atoms with Gasteiger partial charge in [0.1, 0.15) is 5.69 Å². The first-order chi connectivity index (χ1) is 9.61. The van der Waals surface area contributed by atoms with E-state index >= 15 is 0 Å². The lowest BCUT2D eigenvalue weighted by molar-refractivity contribution is -0.117. The van der Waals surface area contributed by atoms with Crippen molar-refractivity contribution in [1.29, 1.82) is 0 Å². The van der Waals surface area contributed by atoms with Crippen LogP contribution in [0.3, 0.4) is 0 Å². The van der Waals surface area contributed by atoms with E-state index < -0.39 is 0 Å². The topological polar surface area (TPSA) is 59.1 Å². The number of benzene rings is 1. The Labute approximate surface area is 121 Å². The number of nitrogens with zero attached hydrogens (tertiary/aromatic N) is 1. The van der Waals surface area contributed by atoms with Crippen molar-refractivity contribution in [3.63, 3.8) is 0 Å². The molecule has 1 amide bonds. The largest absolute Gasteiger partial charge is 0.301 e. The van der Waals surface area contributed by atoms with Crippen LogP contribution in [0.15, 0.2) is 35.7 Å². The number of carbonyl (C=O) groups is 2. The number of aromatic nitrogens is 1. The molecule has 1 aromatic carbocycles. The van der Waals surface area contributed by atoms with Crippen molar-refractivity contribution in [2.45, 2.75) is 26.2 Å². The maximum absolute atomic E-state index is 12.3. The maximum atomic E-state index is 12.3. The fraction of sp³-hybridized carbons (Fsp3) is 0.267. The zero-order chi connectivity index (χ0) is 14.5. The minimum atomic E-state index is -0.208. The molecule has 2 aromatic rings. The predicted octanol–water partition coefficient (Wildman–Crippen LogP) is 3.48. The third-order valence-corrected chi connectivity index (χ3v) is 3.78. The van der Waals surface area contributed by atoms with Crippen LogP contribution in [0, 0.1) is 0 Å². The molecule has 5 heteroatoms. The van der Waals surface area contributed by atoms with Gasteiger partial charge in [-0.15, -0.1) is 11.3 Å². The van der Waals surface area contributed by atoms with Crippen molar-refractivity contribution in [2.24, 2.45) is 0 Å². The number of hydrogen-bond donors (Lipinski definition) is 1. The van der Waals surface area contributed by atoms with Crippen LogP contribution in [-0.4, -0.2) is 16.7 Å². The summed E-state index contributed by atoms with van der Waals surface area (Å²) >= 11 is 1.27. The summed E-state index contributed by atoms with van der Waals surface area (Å²) < 4.78 is 0. The summed E-state index contributed by atoms with van der Waals surface area (Å²) in [6.07, 6.45) is 0.709. The van der Waals surface area contributed by atoms with E-state index in [1.165, 1.54) is 18.3 Å². The highest BCUT2D eigenvalue weighted by Crippen LogP contribution is 2.23. The second-order valence-electron chi connectivity index (χ2n) is 4.45. The Bertz CT molecular complexity index is 607. The predicted molar refractivity (Wildman–Crippen MR) is 80.2 cm³/mol. The Morgan fingerprint density at radius 1 is 1.30 bits per heavy atom. The van der Waals surface area contributed by atoms with E-state index in [-0.39, 0.29) is 17.6 Å². The molecule has 0 aliphatic rings. The standard InChI is InChI=1S/C15H16N2O2S/c1-3-12(11-7-5-4-6-8-11)14(19)17-15-16-13(9-20-15)10(2)18/h4-9,12H,3H2,1-2H3,(H,16,17,19)/t12-/m0/s1. The van der Waals surface area contributed by atoms with Gasteiger partial charge in [0, 0.05) is 12.3 Å². The number of hydrogen-bond acceptors (Lipinski definition) is 4. The van der Waals surface area contributed by atoms with Crippen molar-refractivity contribution < 1.29 is 9.59 Å². The van der Waals surface area contributed by atoms with Crippen LogP contribution in [0.5, 0.6) is 0 Å². The minimum absolute atomic E-state index is 0.0943. The lowest BCUT2D eigenvalue weighted by Crippen LogP contribution is -2.20. The van der Waals surface area contributed by atoms with E-state index in [0.717, 1.165) is 5.56 Å². The number of rotatable bonds is 5. The fourth-order valence-corrected chi connectivity index (χ4v) is 2.70. The highest BCUT2D eigenvalue weighted by atomic mass is 32.1. The van der Waals surface area contributed by atoms with Gasteiger partial charge in [-0.25, -0.2) is 4.98 Å². The second-order valence-corrected chi connectivity index (χ2v) is 5.31. The van der Waals surface area contributed by atoms with Crippen molar-refractivity contribution in [3.05, 3.63) is 47.0 Å². The van der Waals surface area contributed by atoms with Gasteiger partial charge in [0.05, 0.1) is 5.92 Å². The summed E-state index contributed by atoms with van der Waals surface area (Å²) in [6.45, 7) is 3.43. The average molecular weight is 288 g/mol. The Morgan fingerprint density at radius 3 is 2.55 bits per heavy atom. The summed E-state index contributed by atoms with van der Waals surface area (Å²) in [4.78, 5) is 27.6. The number of nitrogens with one attached hydrogen (secondary N) is 1. The monoisotopic (exact) mass is 288 g/mol. The van der Waals surface area contributed by atoms with Gasteiger partial charge in [-0.3, -0.25) is 9.59 Å². The van der Waals surface area contributed by atoms with Gasteiger partial charge >= 0.3 is 0 Å². The molecule has 1 atom stereocenters. The first kappa shape index (κ1) is 14.4. The summed E-state index contributed by atoms with van der Waals surface area (Å²) in [5.74, 6) is -0.402. The summed E-state index contributed by atoms with van der Waals surface area (Å²) in [5, 5.41) is 4.90. The van der Waals surface area contributed by atoms with Crippen LogP contribution < -0.4 is 5.32 Å². The molecule has 4 nitrogen and oxygen atoms in total. The summed E-state index contributed by atoms with van der Waals surface area (Å²) in [7, 11) is 0. The maximum Gasteiger partial charge on any atom is 0.233 e. The fourth-order valence-electron chi connectivity index (χ4n) is 1.94. The number of amides is 1. The Morgan fingerprint density at radius 2 is 2.00 bits per heavy atom. The second kappa shape index (κ2) is 6.43.